The van der Waals surface area contributed by atoms with Crippen LogP contribution in [0.1, 0.15) is 17.5 Å². The molecule has 0 atom stereocenters. The third kappa shape index (κ3) is 4.48. The van der Waals surface area contributed by atoms with Gasteiger partial charge in [-0.25, -0.2) is 8.42 Å². The van der Waals surface area contributed by atoms with E-state index in [0.29, 0.717) is 18.0 Å². The van der Waals surface area contributed by atoms with Crippen molar-refractivity contribution in [1.82, 2.24) is 0 Å². The van der Waals surface area contributed by atoms with Gasteiger partial charge in [-0.15, -0.1) is 0 Å². The van der Waals surface area contributed by atoms with E-state index in [-0.39, 0.29) is 17.4 Å². The fraction of sp³-hybridized carbons (Fsp3) is 0.240. The minimum absolute atomic E-state index is 0.0782. The molecule has 32 heavy (non-hydrogen) atoms. The molecule has 166 valence electrons. The number of anilines is 2. The van der Waals surface area contributed by atoms with E-state index < -0.39 is 10.0 Å². The van der Waals surface area contributed by atoms with E-state index in [1.165, 1.54) is 16.9 Å². The molecule has 0 fully saturated rings. The summed E-state index contributed by atoms with van der Waals surface area (Å²) in [5.74, 6) is 0.411. The molecule has 1 aliphatic heterocycles. The third-order valence-electron chi connectivity index (χ3n) is 5.65. The lowest BCUT2D eigenvalue weighted by molar-refractivity contribution is -0.120. The van der Waals surface area contributed by atoms with Crippen LogP contribution in [0.25, 0.3) is 0 Å². The van der Waals surface area contributed by atoms with Crippen LogP contribution in [0.5, 0.6) is 5.75 Å². The van der Waals surface area contributed by atoms with E-state index in [9.17, 15) is 13.2 Å². The third-order valence-corrected chi connectivity index (χ3v) is 7.45. The maximum Gasteiger partial charge on any atom is 0.264 e. The second kappa shape index (κ2) is 9.04. The van der Waals surface area contributed by atoms with Crippen LogP contribution in [0.15, 0.2) is 77.7 Å². The first-order chi connectivity index (χ1) is 15.4. The van der Waals surface area contributed by atoms with Gasteiger partial charge >= 0.3 is 0 Å². The smallest absolute Gasteiger partial charge is 0.264 e. The van der Waals surface area contributed by atoms with Gasteiger partial charge in [0.15, 0.2) is 6.61 Å². The topological polar surface area (TPSA) is 66.9 Å². The van der Waals surface area contributed by atoms with Gasteiger partial charge in [0.25, 0.3) is 15.9 Å². The number of aryl methyl sites for hydroxylation is 2. The van der Waals surface area contributed by atoms with Gasteiger partial charge in [0, 0.05) is 19.3 Å². The lowest BCUT2D eigenvalue weighted by Crippen LogP contribution is -2.38. The number of carbonyl (C=O) groups excluding carboxylic acids is 1. The molecule has 7 heteroatoms. The largest absolute Gasteiger partial charge is 0.484 e. The Morgan fingerprint density at radius 3 is 2.41 bits per heavy atom. The van der Waals surface area contributed by atoms with Crippen LogP contribution in [0.2, 0.25) is 0 Å². The molecule has 1 heterocycles. The van der Waals surface area contributed by atoms with Gasteiger partial charge in [-0.3, -0.25) is 9.10 Å². The summed E-state index contributed by atoms with van der Waals surface area (Å²) < 4.78 is 32.7. The number of sulfonamides is 1. The van der Waals surface area contributed by atoms with Crippen molar-refractivity contribution in [3.05, 3.63) is 83.9 Å². The molecule has 3 aromatic rings. The van der Waals surface area contributed by atoms with Crippen molar-refractivity contribution in [1.29, 1.82) is 0 Å². The quantitative estimate of drug-likeness (QED) is 0.565. The number of ether oxygens (including phenoxy) is 1. The molecule has 0 aliphatic carbocycles. The van der Waals surface area contributed by atoms with Crippen molar-refractivity contribution < 1.29 is 17.9 Å². The zero-order valence-electron chi connectivity index (χ0n) is 18.2. The number of rotatable bonds is 6. The molecule has 0 aromatic heterocycles. The number of nitrogens with zero attached hydrogens (tertiary/aromatic N) is 2. The Hall–Kier alpha value is -3.32. The molecule has 0 unspecified atom stereocenters. The highest BCUT2D eigenvalue weighted by atomic mass is 32.2. The molecule has 0 saturated carbocycles. The highest BCUT2D eigenvalue weighted by Gasteiger charge is 2.23. The fourth-order valence-electron chi connectivity index (χ4n) is 3.78. The minimum atomic E-state index is -3.66. The molecule has 0 N–H and O–H groups in total. The summed E-state index contributed by atoms with van der Waals surface area (Å²) in [4.78, 5) is 14.7. The number of para-hydroxylation sites is 1. The van der Waals surface area contributed by atoms with Crippen LogP contribution in [0.4, 0.5) is 11.4 Å². The molecule has 4 rings (SSSR count). The minimum Gasteiger partial charge on any atom is -0.484 e. The second-order valence-electron chi connectivity index (χ2n) is 7.85. The Balaban J connectivity index is 1.41. The summed E-state index contributed by atoms with van der Waals surface area (Å²) >= 11 is 0. The number of benzene rings is 3. The lowest BCUT2D eigenvalue weighted by atomic mass is 10.0. The summed E-state index contributed by atoms with van der Waals surface area (Å²) in [7, 11) is -2.14. The molecule has 0 bridgehead atoms. The monoisotopic (exact) mass is 450 g/mol. The van der Waals surface area contributed by atoms with E-state index in [0.717, 1.165) is 24.1 Å². The zero-order valence-corrected chi connectivity index (χ0v) is 19.0. The SMILES string of the molecule is Cc1ccc(S(=O)(=O)N(C)c2ccc(OCC(=O)N3CCCc4ccccc43)cc2)cc1. The fourth-order valence-corrected chi connectivity index (χ4v) is 4.97. The molecule has 0 saturated heterocycles. The van der Waals surface area contributed by atoms with E-state index >= 15 is 0 Å². The Labute approximate surface area is 189 Å². The number of amides is 1. The number of hydrogen-bond donors (Lipinski definition) is 0. The predicted molar refractivity (Wildman–Crippen MR) is 126 cm³/mol. The summed E-state index contributed by atoms with van der Waals surface area (Å²) in [6.07, 6.45) is 1.90. The van der Waals surface area contributed by atoms with E-state index in [4.69, 9.17) is 4.74 Å². The summed E-state index contributed by atoms with van der Waals surface area (Å²) in [6, 6.07) is 21.4. The van der Waals surface area contributed by atoms with Gasteiger partial charge < -0.3 is 9.64 Å². The van der Waals surface area contributed by atoms with Crippen LogP contribution in [0, 0.1) is 6.92 Å². The van der Waals surface area contributed by atoms with Crippen molar-refractivity contribution in [3.63, 3.8) is 0 Å². The number of carbonyl (C=O) groups is 1. The highest BCUT2D eigenvalue weighted by molar-refractivity contribution is 7.92. The first-order valence-corrected chi connectivity index (χ1v) is 12.0. The van der Waals surface area contributed by atoms with Gasteiger partial charge in [-0.2, -0.15) is 0 Å². The van der Waals surface area contributed by atoms with Crippen molar-refractivity contribution in [2.24, 2.45) is 0 Å². The van der Waals surface area contributed by atoms with Crippen molar-refractivity contribution >= 4 is 27.3 Å². The van der Waals surface area contributed by atoms with E-state index in [1.807, 2.05) is 25.1 Å². The standard InChI is InChI=1S/C25H26N2O4S/c1-19-9-15-23(16-10-19)32(29,30)26(2)21-11-13-22(14-12-21)31-18-25(28)27-17-5-7-20-6-3-4-8-24(20)27/h3-4,6,8-16H,5,7,17-18H2,1-2H3. The molecule has 0 radical (unpaired) electrons. The average Bonchev–Trinajstić information content (AvgIpc) is 2.82. The average molecular weight is 451 g/mol. The van der Waals surface area contributed by atoms with Gasteiger partial charge in [-0.05, 0) is 67.8 Å². The van der Waals surface area contributed by atoms with Crippen LogP contribution in [-0.2, 0) is 21.2 Å². The molecule has 6 nitrogen and oxygen atoms in total. The van der Waals surface area contributed by atoms with Gasteiger partial charge in [0.2, 0.25) is 0 Å². The maximum atomic E-state index is 12.9. The zero-order chi connectivity index (χ0) is 22.7. The van der Waals surface area contributed by atoms with Crippen molar-refractivity contribution in [2.75, 3.05) is 29.4 Å². The van der Waals surface area contributed by atoms with Crippen LogP contribution in [-0.4, -0.2) is 34.5 Å². The normalized spacial score (nSPS) is 13.4. The molecule has 1 amide bonds. The van der Waals surface area contributed by atoms with Crippen LogP contribution in [0.3, 0.4) is 0 Å². The Morgan fingerprint density at radius 2 is 1.69 bits per heavy atom. The number of fused-ring (bicyclic) bond motifs is 1. The highest BCUT2D eigenvalue weighted by Crippen LogP contribution is 2.27. The van der Waals surface area contributed by atoms with Crippen LogP contribution >= 0.6 is 0 Å². The lowest BCUT2D eigenvalue weighted by Gasteiger charge is -2.29. The van der Waals surface area contributed by atoms with E-state index in [2.05, 4.69) is 6.07 Å². The van der Waals surface area contributed by atoms with Crippen molar-refractivity contribution in [2.45, 2.75) is 24.7 Å². The van der Waals surface area contributed by atoms with Gasteiger partial charge in [0.05, 0.1) is 10.6 Å². The maximum absolute atomic E-state index is 12.9. The predicted octanol–water partition coefficient (Wildman–Crippen LogP) is 4.18. The Kier molecular flexibility index (Phi) is 6.19. The molecule has 3 aromatic carbocycles. The summed E-state index contributed by atoms with van der Waals surface area (Å²) in [5, 5.41) is 0. The molecular weight excluding hydrogens is 424 g/mol. The van der Waals surface area contributed by atoms with Gasteiger partial charge in [0.1, 0.15) is 5.75 Å². The molecular formula is C25H26N2O4S. The summed E-state index contributed by atoms with van der Waals surface area (Å²) in [6.45, 7) is 2.51. The first-order valence-electron chi connectivity index (χ1n) is 10.5. The molecule has 1 aliphatic rings. The number of hydrogen-bond acceptors (Lipinski definition) is 4. The second-order valence-corrected chi connectivity index (χ2v) is 9.82. The molecule has 0 spiro atoms. The van der Waals surface area contributed by atoms with E-state index in [1.54, 1.807) is 53.4 Å². The van der Waals surface area contributed by atoms with Gasteiger partial charge in [-0.1, -0.05) is 35.9 Å². The Morgan fingerprint density at radius 1 is 1.00 bits per heavy atom. The van der Waals surface area contributed by atoms with Crippen LogP contribution < -0.4 is 13.9 Å². The Bertz CT molecular complexity index is 1210. The summed E-state index contributed by atoms with van der Waals surface area (Å²) in [5.41, 5.74) is 3.63. The van der Waals surface area contributed by atoms with Crippen molar-refractivity contribution in [3.8, 4) is 5.75 Å². The first kappa shape index (κ1) is 21.9.